The van der Waals surface area contributed by atoms with Crippen LogP contribution in [0.3, 0.4) is 0 Å². The van der Waals surface area contributed by atoms with E-state index in [-0.39, 0.29) is 23.9 Å². The molecule has 3 aromatic heterocycles. The van der Waals surface area contributed by atoms with Crippen LogP contribution >= 0.6 is 11.3 Å². The molecule has 0 unspecified atom stereocenters. The molecule has 1 amide bonds. The van der Waals surface area contributed by atoms with Gasteiger partial charge in [-0.15, -0.1) is 16.4 Å². The van der Waals surface area contributed by atoms with Gasteiger partial charge in [-0.25, -0.2) is 12.9 Å². The fourth-order valence-electron chi connectivity index (χ4n) is 3.92. The number of nitrogens with one attached hydrogen (secondary N) is 1. The maximum absolute atomic E-state index is 12.7. The summed E-state index contributed by atoms with van der Waals surface area (Å²) < 4.78 is 63.0. The Labute approximate surface area is 191 Å². The molecule has 3 aromatic rings. The van der Waals surface area contributed by atoms with Gasteiger partial charge in [0, 0.05) is 24.5 Å². The van der Waals surface area contributed by atoms with Crippen molar-refractivity contribution in [3.8, 4) is 10.6 Å². The SMILES string of the molecule is O=C(Nc1nc2cccc(-c3ccc(CN4CCS(=O)(=O)CC4)s3)n2n1)[C@@H]1C[C@H]1C(F)(F)F. The number of thiophene rings is 1. The highest BCUT2D eigenvalue weighted by Crippen LogP contribution is 2.50. The lowest BCUT2D eigenvalue weighted by molar-refractivity contribution is -0.153. The van der Waals surface area contributed by atoms with Gasteiger partial charge in [-0.3, -0.25) is 15.0 Å². The first-order valence-electron chi connectivity index (χ1n) is 10.3. The molecule has 0 bridgehead atoms. The molecule has 2 aliphatic rings. The van der Waals surface area contributed by atoms with E-state index in [4.69, 9.17) is 0 Å². The van der Waals surface area contributed by atoms with Crippen LogP contribution < -0.4 is 5.32 Å². The van der Waals surface area contributed by atoms with Crippen LogP contribution in [0.2, 0.25) is 0 Å². The summed E-state index contributed by atoms with van der Waals surface area (Å²) >= 11 is 1.54. The van der Waals surface area contributed by atoms with E-state index in [2.05, 4.69) is 20.3 Å². The third kappa shape index (κ3) is 4.75. The molecule has 13 heteroatoms. The predicted octanol–water partition coefficient (Wildman–Crippen LogP) is 2.83. The number of aromatic nitrogens is 3. The molecule has 1 saturated heterocycles. The topological polar surface area (TPSA) is 96.7 Å². The van der Waals surface area contributed by atoms with Gasteiger partial charge in [-0.2, -0.15) is 18.2 Å². The van der Waals surface area contributed by atoms with Gasteiger partial charge in [0.1, 0.15) is 0 Å². The van der Waals surface area contributed by atoms with Crippen molar-refractivity contribution in [3.05, 3.63) is 35.2 Å². The van der Waals surface area contributed by atoms with Crippen molar-refractivity contribution >= 4 is 38.7 Å². The van der Waals surface area contributed by atoms with Crippen molar-refractivity contribution in [1.82, 2.24) is 19.5 Å². The molecule has 2 fully saturated rings. The molecule has 5 rings (SSSR count). The first-order chi connectivity index (χ1) is 15.6. The fourth-order valence-corrected chi connectivity index (χ4v) is 6.26. The minimum absolute atomic E-state index is 0.0356. The number of rotatable bonds is 5. The Bertz CT molecular complexity index is 1300. The highest BCUT2D eigenvalue weighted by molar-refractivity contribution is 7.91. The van der Waals surface area contributed by atoms with Crippen LogP contribution in [0.1, 0.15) is 11.3 Å². The standard InChI is InChI=1S/C20H20F3N5O3S2/c21-20(22,23)14-10-13(14)18(29)25-19-24-17-3-1-2-15(28(17)26-19)16-5-4-12(32-16)11-27-6-8-33(30,31)9-7-27/h1-5,13-14H,6-11H2,(H,25,26,29)/t13-,14-/m1/s1. The summed E-state index contributed by atoms with van der Waals surface area (Å²) in [5, 5.41) is 6.69. The summed E-state index contributed by atoms with van der Waals surface area (Å²) in [7, 11) is -2.93. The summed E-state index contributed by atoms with van der Waals surface area (Å²) in [5.41, 5.74) is 1.19. The third-order valence-corrected chi connectivity index (χ3v) is 8.57. The summed E-state index contributed by atoms with van der Waals surface area (Å²) in [6, 6.07) is 9.25. The number of hydrogen-bond acceptors (Lipinski definition) is 7. The molecular weight excluding hydrogens is 479 g/mol. The monoisotopic (exact) mass is 499 g/mol. The number of hydrogen-bond donors (Lipinski definition) is 1. The van der Waals surface area contributed by atoms with Crippen molar-refractivity contribution in [2.45, 2.75) is 19.1 Å². The van der Waals surface area contributed by atoms with Crippen molar-refractivity contribution < 1.29 is 26.4 Å². The molecule has 176 valence electrons. The van der Waals surface area contributed by atoms with Crippen molar-refractivity contribution in [2.75, 3.05) is 29.9 Å². The lowest BCUT2D eigenvalue weighted by Crippen LogP contribution is -2.39. The number of anilines is 1. The molecule has 1 aliphatic heterocycles. The van der Waals surface area contributed by atoms with Gasteiger partial charge in [0.15, 0.2) is 15.5 Å². The minimum Gasteiger partial charge on any atom is -0.296 e. The van der Waals surface area contributed by atoms with E-state index >= 15 is 0 Å². The molecule has 1 aliphatic carbocycles. The number of alkyl halides is 3. The first kappa shape index (κ1) is 22.3. The van der Waals surface area contributed by atoms with Crippen molar-refractivity contribution in [2.24, 2.45) is 11.8 Å². The molecule has 0 radical (unpaired) electrons. The molecule has 1 N–H and O–H groups in total. The number of carbonyl (C=O) groups excluding carboxylic acids is 1. The fraction of sp³-hybridized carbons (Fsp3) is 0.450. The number of nitrogens with zero attached hydrogens (tertiary/aromatic N) is 4. The first-order valence-corrected chi connectivity index (χ1v) is 13.0. The maximum atomic E-state index is 12.7. The predicted molar refractivity (Wildman–Crippen MR) is 117 cm³/mol. The molecule has 33 heavy (non-hydrogen) atoms. The minimum atomic E-state index is -4.37. The van der Waals surface area contributed by atoms with E-state index in [1.54, 1.807) is 28.0 Å². The highest BCUT2D eigenvalue weighted by atomic mass is 32.2. The van der Waals surface area contributed by atoms with E-state index < -0.39 is 33.8 Å². The quantitative estimate of drug-likeness (QED) is 0.580. The molecule has 2 atom stereocenters. The Kier molecular flexibility index (Phi) is 5.45. The van der Waals surface area contributed by atoms with Crippen LogP contribution in [-0.4, -0.2) is 64.6 Å². The zero-order valence-electron chi connectivity index (χ0n) is 17.2. The Morgan fingerprint density at radius 2 is 1.94 bits per heavy atom. The number of carbonyl (C=O) groups is 1. The number of amides is 1. The second-order valence-electron chi connectivity index (χ2n) is 8.29. The average molecular weight is 500 g/mol. The van der Waals surface area contributed by atoms with E-state index in [0.717, 1.165) is 15.4 Å². The molecule has 8 nitrogen and oxygen atoms in total. The van der Waals surface area contributed by atoms with Gasteiger partial charge in [-0.05, 0) is 30.7 Å². The van der Waals surface area contributed by atoms with E-state index in [0.29, 0.717) is 25.3 Å². The van der Waals surface area contributed by atoms with Gasteiger partial charge in [0.25, 0.3) is 0 Å². The smallest absolute Gasteiger partial charge is 0.296 e. The van der Waals surface area contributed by atoms with Crippen molar-refractivity contribution in [3.63, 3.8) is 0 Å². The summed E-state index contributed by atoms with van der Waals surface area (Å²) in [6.45, 7) is 1.66. The van der Waals surface area contributed by atoms with E-state index in [1.807, 2.05) is 18.2 Å². The maximum Gasteiger partial charge on any atom is 0.392 e. The number of halogens is 3. The largest absolute Gasteiger partial charge is 0.392 e. The van der Waals surface area contributed by atoms with Gasteiger partial charge in [0.05, 0.1) is 33.9 Å². The van der Waals surface area contributed by atoms with Crippen LogP contribution in [0.25, 0.3) is 16.2 Å². The van der Waals surface area contributed by atoms with Crippen LogP contribution in [0.15, 0.2) is 30.3 Å². The lowest BCUT2D eigenvalue weighted by Gasteiger charge is -2.25. The molecule has 1 saturated carbocycles. The Balaban J connectivity index is 1.31. The Morgan fingerprint density at radius 3 is 2.64 bits per heavy atom. The van der Waals surface area contributed by atoms with Gasteiger partial charge >= 0.3 is 6.18 Å². The van der Waals surface area contributed by atoms with E-state index in [9.17, 15) is 26.4 Å². The van der Waals surface area contributed by atoms with Gasteiger partial charge < -0.3 is 0 Å². The number of pyridine rings is 1. The van der Waals surface area contributed by atoms with Crippen LogP contribution in [-0.2, 0) is 21.2 Å². The highest BCUT2D eigenvalue weighted by Gasteiger charge is 2.59. The molecular formula is C20H20F3N5O3S2. The van der Waals surface area contributed by atoms with Gasteiger partial charge in [0.2, 0.25) is 11.9 Å². The van der Waals surface area contributed by atoms with Crippen LogP contribution in [0.4, 0.5) is 19.1 Å². The van der Waals surface area contributed by atoms with Crippen molar-refractivity contribution in [1.29, 1.82) is 0 Å². The zero-order valence-corrected chi connectivity index (χ0v) is 18.9. The number of fused-ring (bicyclic) bond motifs is 1. The average Bonchev–Trinajstić information content (AvgIpc) is 3.28. The van der Waals surface area contributed by atoms with E-state index in [1.165, 1.54) is 0 Å². The van der Waals surface area contributed by atoms with Gasteiger partial charge in [-0.1, -0.05) is 6.07 Å². The summed E-state index contributed by atoms with van der Waals surface area (Å²) in [4.78, 5) is 20.5. The molecule has 4 heterocycles. The molecule has 0 spiro atoms. The summed E-state index contributed by atoms with van der Waals surface area (Å²) in [6.07, 6.45) is -4.59. The Hall–Kier alpha value is -2.51. The van der Waals surface area contributed by atoms with Crippen LogP contribution in [0.5, 0.6) is 0 Å². The Morgan fingerprint density at radius 1 is 1.18 bits per heavy atom. The second kappa shape index (κ2) is 8.06. The molecule has 0 aromatic carbocycles. The van der Waals surface area contributed by atoms with Crippen LogP contribution in [0, 0.1) is 11.8 Å². The zero-order chi connectivity index (χ0) is 23.4. The normalized spacial score (nSPS) is 23.0. The number of sulfone groups is 1. The summed E-state index contributed by atoms with van der Waals surface area (Å²) in [5.74, 6) is -3.12. The third-order valence-electron chi connectivity index (χ3n) is 5.87. The second-order valence-corrected chi connectivity index (χ2v) is 11.8. The lowest BCUT2D eigenvalue weighted by atomic mass is 10.3.